The van der Waals surface area contributed by atoms with Crippen LogP contribution in [0.5, 0.6) is 0 Å². The molecule has 0 aromatic carbocycles. The van der Waals surface area contributed by atoms with Crippen molar-refractivity contribution in [1.29, 1.82) is 0 Å². The Hall–Kier alpha value is -1.62. The number of thiophene rings is 1. The number of nitrogens with one attached hydrogen (secondary N) is 1. The van der Waals surface area contributed by atoms with Crippen LogP contribution in [0.2, 0.25) is 0 Å². The van der Waals surface area contributed by atoms with Crippen LogP contribution in [0.4, 0.5) is 0 Å². The van der Waals surface area contributed by atoms with E-state index in [2.05, 4.69) is 12.2 Å². The van der Waals surface area contributed by atoms with Crippen LogP contribution in [0.1, 0.15) is 47.2 Å². The Kier molecular flexibility index (Phi) is 5.56. The van der Waals surface area contributed by atoms with E-state index in [1.54, 1.807) is 12.1 Å². The van der Waals surface area contributed by atoms with E-state index in [4.69, 9.17) is 5.11 Å². The second kappa shape index (κ2) is 7.41. The van der Waals surface area contributed by atoms with Gasteiger partial charge in [0.05, 0.1) is 4.88 Å². The first-order chi connectivity index (χ1) is 10.0. The molecule has 2 unspecified atom stereocenters. The van der Waals surface area contributed by atoms with Crippen molar-refractivity contribution in [2.75, 3.05) is 6.54 Å². The molecule has 0 radical (unpaired) electrons. The fourth-order valence-corrected chi connectivity index (χ4v) is 3.61. The molecule has 4 nitrogen and oxygen atoms in total. The molecule has 1 saturated carbocycles. The van der Waals surface area contributed by atoms with Gasteiger partial charge in [0.1, 0.15) is 0 Å². The Morgan fingerprint density at radius 1 is 1.43 bits per heavy atom. The molecule has 2 rings (SSSR count). The highest BCUT2D eigenvalue weighted by atomic mass is 32.1. The molecule has 114 valence electrons. The van der Waals surface area contributed by atoms with Crippen LogP contribution in [-0.2, 0) is 4.79 Å². The first kappa shape index (κ1) is 15.8. The van der Waals surface area contributed by atoms with Crippen LogP contribution < -0.4 is 5.32 Å². The number of carbonyl (C=O) groups excluding carboxylic acids is 1. The maximum Gasteiger partial charge on any atom is 0.328 e. The smallest absolute Gasteiger partial charge is 0.328 e. The van der Waals surface area contributed by atoms with Crippen LogP contribution in [0, 0.1) is 11.8 Å². The Morgan fingerprint density at radius 2 is 2.24 bits per heavy atom. The van der Waals surface area contributed by atoms with Crippen molar-refractivity contribution in [3.05, 3.63) is 28.0 Å². The third kappa shape index (κ3) is 5.01. The van der Waals surface area contributed by atoms with Gasteiger partial charge in [0.15, 0.2) is 0 Å². The highest BCUT2D eigenvalue weighted by Gasteiger charge is 2.19. The van der Waals surface area contributed by atoms with E-state index in [0.717, 1.165) is 23.4 Å². The fourth-order valence-electron chi connectivity index (χ4n) is 2.79. The molecule has 1 aliphatic carbocycles. The second-order valence-electron chi connectivity index (χ2n) is 5.72. The molecule has 1 fully saturated rings. The summed E-state index contributed by atoms with van der Waals surface area (Å²) in [5, 5.41) is 11.6. The zero-order chi connectivity index (χ0) is 15.2. The SMILES string of the molecule is CC1CCCC(CNC(=O)c2ccc(/C=C/C(=O)O)s2)C1. The molecule has 1 aromatic rings. The second-order valence-corrected chi connectivity index (χ2v) is 6.84. The van der Waals surface area contributed by atoms with E-state index in [1.165, 1.54) is 43.1 Å². The molecular formula is C16H21NO3S. The van der Waals surface area contributed by atoms with E-state index in [-0.39, 0.29) is 5.91 Å². The molecule has 2 atom stereocenters. The summed E-state index contributed by atoms with van der Waals surface area (Å²) in [4.78, 5) is 23.9. The number of aliphatic carboxylic acids is 1. The molecule has 0 saturated heterocycles. The van der Waals surface area contributed by atoms with Crippen molar-refractivity contribution in [3.8, 4) is 0 Å². The summed E-state index contributed by atoms with van der Waals surface area (Å²) < 4.78 is 0. The number of rotatable bonds is 5. The minimum atomic E-state index is -0.985. The van der Waals surface area contributed by atoms with Gasteiger partial charge in [-0.15, -0.1) is 11.3 Å². The number of amides is 1. The predicted octanol–water partition coefficient (Wildman–Crippen LogP) is 3.40. The lowest BCUT2D eigenvalue weighted by Crippen LogP contribution is -2.31. The zero-order valence-electron chi connectivity index (χ0n) is 12.2. The zero-order valence-corrected chi connectivity index (χ0v) is 13.0. The quantitative estimate of drug-likeness (QED) is 0.819. The van der Waals surface area contributed by atoms with Gasteiger partial charge in [-0.05, 0) is 42.9 Å². The number of hydrogen-bond acceptors (Lipinski definition) is 3. The topological polar surface area (TPSA) is 66.4 Å². The molecule has 1 aliphatic rings. The molecule has 5 heteroatoms. The Bertz CT molecular complexity index is 535. The minimum absolute atomic E-state index is 0.0619. The summed E-state index contributed by atoms with van der Waals surface area (Å²) in [6.07, 6.45) is 7.53. The summed E-state index contributed by atoms with van der Waals surface area (Å²) in [5.41, 5.74) is 0. The Morgan fingerprint density at radius 3 is 2.95 bits per heavy atom. The third-order valence-electron chi connectivity index (χ3n) is 3.84. The minimum Gasteiger partial charge on any atom is -0.478 e. The standard InChI is InChI=1S/C16H21NO3S/c1-11-3-2-4-12(9-11)10-17-16(20)14-7-5-13(21-14)6-8-15(18)19/h5-8,11-12H,2-4,9-10H2,1H3,(H,17,20)(H,18,19)/b8-6+. The molecule has 21 heavy (non-hydrogen) atoms. The normalized spacial score (nSPS) is 22.3. The number of carboxylic acids is 1. The van der Waals surface area contributed by atoms with Crippen molar-refractivity contribution < 1.29 is 14.7 Å². The van der Waals surface area contributed by atoms with Gasteiger partial charge in [0.25, 0.3) is 5.91 Å². The van der Waals surface area contributed by atoms with Gasteiger partial charge >= 0.3 is 5.97 Å². The van der Waals surface area contributed by atoms with Gasteiger partial charge in [-0.25, -0.2) is 4.79 Å². The van der Waals surface area contributed by atoms with Crippen molar-refractivity contribution in [2.24, 2.45) is 11.8 Å². The highest BCUT2D eigenvalue weighted by molar-refractivity contribution is 7.14. The van der Waals surface area contributed by atoms with Crippen molar-refractivity contribution in [3.63, 3.8) is 0 Å². The van der Waals surface area contributed by atoms with Crippen molar-refractivity contribution in [1.82, 2.24) is 5.32 Å². The maximum atomic E-state index is 12.1. The van der Waals surface area contributed by atoms with E-state index >= 15 is 0 Å². The van der Waals surface area contributed by atoms with Gasteiger partial charge in [0.2, 0.25) is 0 Å². The van der Waals surface area contributed by atoms with Gasteiger partial charge < -0.3 is 10.4 Å². The van der Waals surface area contributed by atoms with E-state index in [0.29, 0.717) is 10.8 Å². The molecule has 0 bridgehead atoms. The lowest BCUT2D eigenvalue weighted by molar-refractivity contribution is -0.131. The Labute approximate surface area is 128 Å². The lowest BCUT2D eigenvalue weighted by Gasteiger charge is -2.26. The molecule has 1 heterocycles. The summed E-state index contributed by atoms with van der Waals surface area (Å²) in [6, 6.07) is 3.51. The monoisotopic (exact) mass is 307 g/mol. The van der Waals surface area contributed by atoms with E-state index in [1.807, 2.05) is 0 Å². The molecule has 1 aromatic heterocycles. The molecule has 1 amide bonds. The van der Waals surface area contributed by atoms with Crippen LogP contribution in [0.25, 0.3) is 6.08 Å². The largest absolute Gasteiger partial charge is 0.478 e. The number of hydrogen-bond donors (Lipinski definition) is 2. The first-order valence-corrected chi connectivity index (χ1v) is 8.15. The first-order valence-electron chi connectivity index (χ1n) is 7.33. The predicted molar refractivity (Wildman–Crippen MR) is 84.4 cm³/mol. The number of carbonyl (C=O) groups is 2. The third-order valence-corrected chi connectivity index (χ3v) is 4.89. The molecule has 0 spiro atoms. The summed E-state index contributed by atoms with van der Waals surface area (Å²) in [6.45, 7) is 3.01. The number of carboxylic acid groups (broad SMARTS) is 1. The summed E-state index contributed by atoms with van der Waals surface area (Å²) >= 11 is 1.31. The van der Waals surface area contributed by atoms with Crippen LogP contribution in [-0.4, -0.2) is 23.5 Å². The summed E-state index contributed by atoms with van der Waals surface area (Å²) in [5.74, 6) is 0.299. The van der Waals surface area contributed by atoms with Crippen LogP contribution in [0.15, 0.2) is 18.2 Å². The average molecular weight is 307 g/mol. The average Bonchev–Trinajstić information content (AvgIpc) is 2.91. The van der Waals surface area contributed by atoms with Gasteiger partial charge in [0, 0.05) is 17.5 Å². The van der Waals surface area contributed by atoms with Gasteiger partial charge in [-0.1, -0.05) is 19.8 Å². The van der Waals surface area contributed by atoms with E-state index in [9.17, 15) is 9.59 Å². The highest BCUT2D eigenvalue weighted by Crippen LogP contribution is 2.28. The lowest BCUT2D eigenvalue weighted by atomic mass is 9.82. The van der Waals surface area contributed by atoms with Gasteiger partial charge in [-0.3, -0.25) is 4.79 Å². The Balaban J connectivity index is 1.84. The van der Waals surface area contributed by atoms with Crippen molar-refractivity contribution >= 4 is 29.3 Å². The van der Waals surface area contributed by atoms with E-state index < -0.39 is 5.97 Å². The fraction of sp³-hybridized carbons (Fsp3) is 0.500. The van der Waals surface area contributed by atoms with Crippen molar-refractivity contribution in [2.45, 2.75) is 32.6 Å². The molecular weight excluding hydrogens is 286 g/mol. The van der Waals surface area contributed by atoms with Crippen LogP contribution in [0.3, 0.4) is 0 Å². The molecule has 2 N–H and O–H groups in total. The maximum absolute atomic E-state index is 12.1. The molecule has 0 aliphatic heterocycles. The van der Waals surface area contributed by atoms with Crippen LogP contribution >= 0.6 is 11.3 Å². The summed E-state index contributed by atoms with van der Waals surface area (Å²) in [7, 11) is 0. The van der Waals surface area contributed by atoms with Gasteiger partial charge in [-0.2, -0.15) is 0 Å².